The maximum atomic E-state index is 13.4. The maximum absolute atomic E-state index is 13.4. The van der Waals surface area contributed by atoms with Gasteiger partial charge >= 0.3 is 0 Å². The van der Waals surface area contributed by atoms with Crippen molar-refractivity contribution in [3.05, 3.63) is 70.9 Å². The average Bonchev–Trinajstić information content (AvgIpc) is 3.34. The summed E-state index contributed by atoms with van der Waals surface area (Å²) in [6, 6.07) is 16.8. The molecule has 0 aliphatic carbocycles. The zero-order valence-corrected chi connectivity index (χ0v) is 17.9. The highest BCUT2D eigenvalue weighted by molar-refractivity contribution is 7.33. The van der Waals surface area contributed by atoms with E-state index < -0.39 is 0 Å². The van der Waals surface area contributed by atoms with Gasteiger partial charge in [0.1, 0.15) is 5.82 Å². The molecule has 1 saturated heterocycles. The van der Waals surface area contributed by atoms with Crippen LogP contribution in [0.5, 0.6) is 0 Å². The summed E-state index contributed by atoms with van der Waals surface area (Å²) in [4.78, 5) is 15.9. The van der Waals surface area contributed by atoms with Crippen LogP contribution >= 0.6 is 22.7 Å². The number of hydrogen-bond acceptors (Lipinski definition) is 5. The standard InChI is InChI=1S/C23H21FN2O2S2/c24-16-7-5-15(6-8-16)18(26-9-11-28-12-10-26)14-25-23(27)21-13-20-22(30-21)17-3-1-2-4-19(17)29-20/h1-8,13,18H,9-12,14H2,(H,25,27)/t18-/m0/s1. The Morgan fingerprint density at radius 2 is 1.83 bits per heavy atom. The number of nitrogens with zero attached hydrogens (tertiary/aromatic N) is 1. The van der Waals surface area contributed by atoms with Crippen molar-refractivity contribution in [2.75, 3.05) is 32.8 Å². The summed E-state index contributed by atoms with van der Waals surface area (Å²) in [7, 11) is 0. The van der Waals surface area contributed by atoms with E-state index in [1.54, 1.807) is 34.8 Å². The Morgan fingerprint density at radius 3 is 2.63 bits per heavy atom. The molecular formula is C23H21FN2O2S2. The SMILES string of the molecule is O=C(NC[C@@H](c1ccc(F)cc1)N1CCOCC1)c1cc2sc3ccccc3c2s1. The van der Waals surface area contributed by atoms with Crippen LogP contribution < -0.4 is 5.32 Å². The van der Waals surface area contributed by atoms with Gasteiger partial charge in [-0.2, -0.15) is 0 Å². The predicted octanol–water partition coefficient (Wildman–Crippen LogP) is 5.06. The highest BCUT2D eigenvalue weighted by Gasteiger charge is 2.24. The molecule has 1 N–H and O–H groups in total. The monoisotopic (exact) mass is 440 g/mol. The normalized spacial score (nSPS) is 16.2. The quantitative estimate of drug-likeness (QED) is 0.472. The molecule has 2 aromatic heterocycles. The molecule has 0 radical (unpaired) electrons. The molecule has 7 heteroatoms. The molecule has 4 nitrogen and oxygen atoms in total. The molecule has 1 fully saturated rings. The molecule has 1 aliphatic rings. The van der Waals surface area contributed by atoms with Crippen LogP contribution in [0.3, 0.4) is 0 Å². The average molecular weight is 441 g/mol. The van der Waals surface area contributed by atoms with Crippen molar-refractivity contribution >= 4 is 48.1 Å². The van der Waals surface area contributed by atoms with Gasteiger partial charge in [0.2, 0.25) is 0 Å². The first-order valence-electron chi connectivity index (χ1n) is 9.95. The molecule has 1 aliphatic heterocycles. The minimum Gasteiger partial charge on any atom is -0.379 e. The number of hydrogen-bond donors (Lipinski definition) is 1. The van der Waals surface area contributed by atoms with Crippen LogP contribution in [0.4, 0.5) is 4.39 Å². The Labute approximate surface area is 181 Å². The first-order valence-corrected chi connectivity index (χ1v) is 11.6. The number of halogens is 1. The number of fused-ring (bicyclic) bond motifs is 3. The first kappa shape index (κ1) is 19.6. The van der Waals surface area contributed by atoms with Crippen molar-refractivity contribution in [1.29, 1.82) is 0 Å². The third kappa shape index (κ3) is 3.86. The zero-order chi connectivity index (χ0) is 20.5. The molecular weight excluding hydrogens is 419 g/mol. The number of thiophene rings is 2. The molecule has 1 amide bonds. The Kier molecular flexibility index (Phi) is 5.52. The fourth-order valence-electron chi connectivity index (χ4n) is 3.92. The van der Waals surface area contributed by atoms with Gasteiger partial charge < -0.3 is 10.1 Å². The summed E-state index contributed by atoms with van der Waals surface area (Å²) in [6.07, 6.45) is 0. The van der Waals surface area contributed by atoms with Crippen LogP contribution in [0.15, 0.2) is 54.6 Å². The van der Waals surface area contributed by atoms with Crippen LogP contribution in [0.1, 0.15) is 21.3 Å². The summed E-state index contributed by atoms with van der Waals surface area (Å²) < 4.78 is 22.4. The molecule has 3 heterocycles. The highest BCUT2D eigenvalue weighted by atomic mass is 32.1. The van der Waals surface area contributed by atoms with Crippen molar-refractivity contribution in [2.24, 2.45) is 0 Å². The lowest BCUT2D eigenvalue weighted by molar-refractivity contribution is 0.0162. The zero-order valence-electron chi connectivity index (χ0n) is 16.3. The minimum atomic E-state index is -0.255. The van der Waals surface area contributed by atoms with Crippen LogP contribution in [-0.4, -0.2) is 43.7 Å². The Morgan fingerprint density at radius 1 is 1.07 bits per heavy atom. The molecule has 30 heavy (non-hydrogen) atoms. The summed E-state index contributed by atoms with van der Waals surface area (Å²) in [5.41, 5.74) is 0.997. The third-order valence-corrected chi connectivity index (χ3v) is 7.88. The van der Waals surface area contributed by atoms with Gasteiger partial charge in [-0.1, -0.05) is 30.3 Å². The molecule has 154 valence electrons. The second-order valence-corrected chi connectivity index (χ2v) is 9.46. The van der Waals surface area contributed by atoms with E-state index in [0.717, 1.165) is 28.2 Å². The molecule has 5 rings (SSSR count). The largest absolute Gasteiger partial charge is 0.379 e. The Balaban J connectivity index is 1.35. The van der Waals surface area contributed by atoms with Gasteiger partial charge in [-0.25, -0.2) is 4.39 Å². The maximum Gasteiger partial charge on any atom is 0.261 e. The van der Waals surface area contributed by atoms with Gasteiger partial charge in [0.25, 0.3) is 5.91 Å². The molecule has 4 aromatic rings. The molecule has 0 saturated carbocycles. The van der Waals surface area contributed by atoms with E-state index in [1.165, 1.54) is 26.9 Å². The van der Waals surface area contributed by atoms with Crippen LogP contribution in [0, 0.1) is 5.82 Å². The lowest BCUT2D eigenvalue weighted by Crippen LogP contribution is -2.43. The number of carbonyl (C=O) groups excluding carboxylic acids is 1. The van der Waals surface area contributed by atoms with Gasteiger partial charge in [-0.05, 0) is 29.8 Å². The van der Waals surface area contributed by atoms with Crippen molar-refractivity contribution < 1.29 is 13.9 Å². The highest BCUT2D eigenvalue weighted by Crippen LogP contribution is 2.39. The number of morpholine rings is 1. The van der Waals surface area contributed by atoms with Gasteiger partial charge in [-0.3, -0.25) is 9.69 Å². The van der Waals surface area contributed by atoms with Gasteiger partial charge in [-0.15, -0.1) is 22.7 Å². The fraction of sp³-hybridized carbons (Fsp3) is 0.261. The number of carbonyl (C=O) groups is 1. The summed E-state index contributed by atoms with van der Waals surface area (Å²) >= 11 is 3.26. The number of benzene rings is 2. The molecule has 1 atom stereocenters. The Bertz CT molecular complexity index is 1180. The number of amides is 1. The number of nitrogens with one attached hydrogen (secondary N) is 1. The summed E-state index contributed by atoms with van der Waals surface area (Å²) in [6.45, 7) is 3.38. The van der Waals surface area contributed by atoms with E-state index in [-0.39, 0.29) is 17.8 Å². The van der Waals surface area contributed by atoms with Crippen molar-refractivity contribution in [2.45, 2.75) is 6.04 Å². The Hall–Kier alpha value is -2.32. The van der Waals surface area contributed by atoms with Crippen LogP contribution in [-0.2, 0) is 4.74 Å². The van der Waals surface area contributed by atoms with E-state index in [9.17, 15) is 9.18 Å². The van der Waals surface area contributed by atoms with Gasteiger partial charge in [0, 0.05) is 34.4 Å². The molecule has 2 aromatic carbocycles. The van der Waals surface area contributed by atoms with Crippen molar-refractivity contribution in [1.82, 2.24) is 10.2 Å². The second-order valence-electron chi connectivity index (χ2n) is 7.33. The molecule has 0 spiro atoms. The number of rotatable bonds is 5. The summed E-state index contributed by atoms with van der Waals surface area (Å²) in [5, 5.41) is 4.32. The van der Waals surface area contributed by atoms with E-state index in [2.05, 4.69) is 22.3 Å². The van der Waals surface area contributed by atoms with Crippen LogP contribution in [0.2, 0.25) is 0 Å². The fourth-order valence-corrected chi connectivity index (χ4v) is 6.36. The van der Waals surface area contributed by atoms with E-state index in [1.807, 2.05) is 18.2 Å². The lowest BCUT2D eigenvalue weighted by atomic mass is 10.0. The van der Waals surface area contributed by atoms with Crippen molar-refractivity contribution in [3.63, 3.8) is 0 Å². The lowest BCUT2D eigenvalue weighted by Gasteiger charge is -2.34. The first-order chi connectivity index (χ1) is 14.7. The van der Waals surface area contributed by atoms with Crippen molar-refractivity contribution in [3.8, 4) is 0 Å². The molecule has 0 bridgehead atoms. The predicted molar refractivity (Wildman–Crippen MR) is 121 cm³/mol. The van der Waals surface area contributed by atoms with E-state index in [0.29, 0.717) is 19.8 Å². The molecule has 0 unspecified atom stereocenters. The minimum absolute atomic E-state index is 0.0136. The summed E-state index contributed by atoms with van der Waals surface area (Å²) in [5.74, 6) is -0.317. The van der Waals surface area contributed by atoms with Crippen LogP contribution in [0.25, 0.3) is 19.5 Å². The number of ether oxygens (including phenoxy) is 1. The third-order valence-electron chi connectivity index (χ3n) is 5.47. The van der Waals surface area contributed by atoms with Gasteiger partial charge in [0.15, 0.2) is 0 Å². The smallest absolute Gasteiger partial charge is 0.261 e. The topological polar surface area (TPSA) is 41.6 Å². The van der Waals surface area contributed by atoms with E-state index in [4.69, 9.17) is 4.74 Å². The second kappa shape index (κ2) is 8.43. The van der Waals surface area contributed by atoms with Gasteiger partial charge in [0.05, 0.1) is 28.8 Å². The van der Waals surface area contributed by atoms with E-state index >= 15 is 0 Å².